The summed E-state index contributed by atoms with van der Waals surface area (Å²) in [5.41, 5.74) is 0. The van der Waals surface area contributed by atoms with Crippen molar-refractivity contribution in [2.75, 3.05) is 41.0 Å². The SMILES string of the molecule is CC/C=C/C=C/C=C/C=C/C=C/CCCCCC(=O)OCC(COCCC(C(=O)[O-])[N+](C)(C)C)OC(=O)CC/C=C/C/C=C/CC. The van der Waals surface area contributed by atoms with Gasteiger partial charge in [-0.05, 0) is 44.9 Å². The molecule has 0 N–H and O–H groups in total. The highest BCUT2D eigenvalue weighted by atomic mass is 16.6. The third-order valence-electron chi connectivity index (χ3n) is 6.67. The Morgan fingerprint density at radius 3 is 1.93 bits per heavy atom. The minimum atomic E-state index is -1.15. The van der Waals surface area contributed by atoms with Crippen molar-refractivity contribution in [1.29, 1.82) is 0 Å². The fourth-order valence-electron chi connectivity index (χ4n) is 4.09. The largest absolute Gasteiger partial charge is 0.544 e. The first-order valence-electron chi connectivity index (χ1n) is 16.7. The molecule has 258 valence electrons. The number of carboxylic acid groups (broad SMARTS) is 1. The van der Waals surface area contributed by atoms with Crippen molar-refractivity contribution >= 4 is 17.9 Å². The highest BCUT2D eigenvalue weighted by molar-refractivity contribution is 5.70. The molecule has 46 heavy (non-hydrogen) atoms. The van der Waals surface area contributed by atoms with Crippen molar-refractivity contribution in [2.24, 2.45) is 0 Å². The van der Waals surface area contributed by atoms with E-state index in [-0.39, 0.29) is 49.5 Å². The number of allylic oxidation sites excluding steroid dienone is 14. The molecule has 0 aromatic rings. The number of ether oxygens (including phenoxy) is 3. The third kappa shape index (κ3) is 26.9. The van der Waals surface area contributed by atoms with Crippen LogP contribution in [0.25, 0.3) is 0 Å². The van der Waals surface area contributed by atoms with E-state index >= 15 is 0 Å². The van der Waals surface area contributed by atoms with Crippen LogP contribution >= 0.6 is 0 Å². The molecule has 0 aromatic carbocycles. The van der Waals surface area contributed by atoms with Gasteiger partial charge in [0.25, 0.3) is 0 Å². The molecule has 0 fully saturated rings. The quantitative estimate of drug-likeness (QED) is 0.0331. The zero-order chi connectivity index (χ0) is 34.3. The highest BCUT2D eigenvalue weighted by Crippen LogP contribution is 2.10. The van der Waals surface area contributed by atoms with Crippen LogP contribution in [0, 0.1) is 0 Å². The lowest BCUT2D eigenvalue weighted by Gasteiger charge is -2.34. The minimum absolute atomic E-state index is 0.00282. The summed E-state index contributed by atoms with van der Waals surface area (Å²) in [5, 5.41) is 11.5. The van der Waals surface area contributed by atoms with Gasteiger partial charge >= 0.3 is 11.9 Å². The van der Waals surface area contributed by atoms with Crippen molar-refractivity contribution in [3.63, 3.8) is 0 Å². The van der Waals surface area contributed by atoms with Gasteiger partial charge in [-0.15, -0.1) is 0 Å². The predicted molar refractivity (Wildman–Crippen MR) is 185 cm³/mol. The number of aliphatic carboxylic acids is 1. The number of carbonyl (C=O) groups is 3. The van der Waals surface area contributed by atoms with Crippen LogP contribution in [0.3, 0.4) is 0 Å². The lowest BCUT2D eigenvalue weighted by Crippen LogP contribution is -2.55. The van der Waals surface area contributed by atoms with Crippen LogP contribution in [0.2, 0.25) is 0 Å². The molecule has 0 aliphatic rings. The molecule has 0 rings (SSSR count). The Kier molecular flexibility index (Phi) is 26.8. The molecular weight excluding hydrogens is 582 g/mol. The second-order valence-electron chi connectivity index (χ2n) is 11.8. The first-order valence-corrected chi connectivity index (χ1v) is 16.7. The first kappa shape index (κ1) is 42.5. The van der Waals surface area contributed by atoms with Crippen LogP contribution in [-0.2, 0) is 28.6 Å². The maximum Gasteiger partial charge on any atom is 0.306 e. The van der Waals surface area contributed by atoms with Crippen LogP contribution in [0.5, 0.6) is 0 Å². The standard InChI is InChI=1S/C38H59NO7/c1-6-8-10-12-14-15-16-17-18-19-20-21-23-24-26-28-36(40)45-33-34(32-44-31-30-35(38(42)43)39(3,4)5)46-37(41)29-27-25-22-13-11-9-7-2/h8-12,14-20,22,25,34-35H,6-7,13,21,23-24,26-33H2,1-5H3/b10-8+,11-9+,14-12+,16-15+,18-17+,20-19+,25-22+. The van der Waals surface area contributed by atoms with Gasteiger partial charge in [0, 0.05) is 19.3 Å². The molecular formula is C38H59NO7. The summed E-state index contributed by atoms with van der Waals surface area (Å²) in [6.45, 7) is 4.20. The molecule has 0 aliphatic heterocycles. The van der Waals surface area contributed by atoms with Gasteiger partial charge < -0.3 is 28.6 Å². The number of carbonyl (C=O) groups excluding carboxylic acids is 3. The first-order chi connectivity index (χ1) is 22.1. The van der Waals surface area contributed by atoms with Crippen molar-refractivity contribution in [2.45, 2.75) is 96.6 Å². The summed E-state index contributed by atoms with van der Waals surface area (Å²) in [6.07, 6.45) is 35.1. The summed E-state index contributed by atoms with van der Waals surface area (Å²) in [4.78, 5) is 36.3. The molecule has 0 radical (unpaired) electrons. The normalized spacial score (nSPS) is 14.2. The molecule has 8 nitrogen and oxygen atoms in total. The van der Waals surface area contributed by atoms with Crippen LogP contribution in [0.1, 0.15) is 84.5 Å². The third-order valence-corrected chi connectivity index (χ3v) is 6.67. The second-order valence-corrected chi connectivity index (χ2v) is 11.8. The lowest BCUT2D eigenvalue weighted by molar-refractivity contribution is -0.889. The van der Waals surface area contributed by atoms with Gasteiger partial charge in [-0.3, -0.25) is 9.59 Å². The Labute approximate surface area is 278 Å². The van der Waals surface area contributed by atoms with E-state index in [2.05, 4.69) is 38.2 Å². The Morgan fingerprint density at radius 1 is 0.674 bits per heavy atom. The van der Waals surface area contributed by atoms with Crippen LogP contribution < -0.4 is 5.11 Å². The number of carboxylic acids is 1. The van der Waals surface area contributed by atoms with E-state index < -0.39 is 24.1 Å². The van der Waals surface area contributed by atoms with Gasteiger partial charge in [0.15, 0.2) is 6.10 Å². The molecule has 0 saturated heterocycles. The van der Waals surface area contributed by atoms with Gasteiger partial charge in [0.05, 0.1) is 40.3 Å². The Morgan fingerprint density at radius 2 is 1.30 bits per heavy atom. The average molecular weight is 642 g/mol. The summed E-state index contributed by atoms with van der Waals surface area (Å²) in [5.74, 6) is -1.91. The number of esters is 2. The van der Waals surface area contributed by atoms with E-state index in [9.17, 15) is 19.5 Å². The Hall–Kier alpha value is -3.49. The predicted octanol–water partition coefficient (Wildman–Crippen LogP) is 6.51. The monoisotopic (exact) mass is 641 g/mol. The van der Waals surface area contributed by atoms with Crippen molar-refractivity contribution in [3.8, 4) is 0 Å². The van der Waals surface area contributed by atoms with Crippen LogP contribution in [-0.4, -0.2) is 75.5 Å². The number of rotatable bonds is 27. The van der Waals surface area contributed by atoms with Crippen molar-refractivity contribution in [1.82, 2.24) is 0 Å². The van der Waals surface area contributed by atoms with E-state index in [0.29, 0.717) is 12.8 Å². The highest BCUT2D eigenvalue weighted by Gasteiger charge is 2.25. The van der Waals surface area contributed by atoms with Crippen molar-refractivity contribution < 1.29 is 38.2 Å². The maximum absolute atomic E-state index is 12.5. The summed E-state index contributed by atoms with van der Waals surface area (Å²) >= 11 is 0. The molecule has 8 heteroatoms. The average Bonchev–Trinajstić information content (AvgIpc) is 3.00. The number of hydrogen-bond donors (Lipinski definition) is 0. The lowest BCUT2D eigenvalue weighted by atomic mass is 10.1. The fourth-order valence-corrected chi connectivity index (χ4v) is 4.09. The zero-order valence-corrected chi connectivity index (χ0v) is 28.9. The Bertz CT molecular complexity index is 1030. The number of likely N-dealkylation sites (N-methyl/N-ethyl adjacent to an activating group) is 1. The van der Waals surface area contributed by atoms with Gasteiger partial charge in [0.2, 0.25) is 0 Å². The van der Waals surface area contributed by atoms with E-state index in [1.165, 1.54) is 0 Å². The molecule has 0 aromatic heterocycles. The van der Waals surface area contributed by atoms with Crippen LogP contribution in [0.4, 0.5) is 0 Å². The molecule has 0 spiro atoms. The van der Waals surface area contributed by atoms with Crippen molar-refractivity contribution in [3.05, 3.63) is 85.1 Å². The molecule has 0 heterocycles. The topological polar surface area (TPSA) is 102 Å². The molecule has 0 bridgehead atoms. The van der Waals surface area contributed by atoms with E-state index in [1.807, 2.05) is 60.8 Å². The van der Waals surface area contributed by atoms with Crippen LogP contribution in [0.15, 0.2) is 85.1 Å². The fraction of sp³-hybridized carbons (Fsp3) is 0.553. The number of hydrogen-bond acceptors (Lipinski definition) is 7. The molecule has 0 amide bonds. The van der Waals surface area contributed by atoms with E-state index in [0.717, 1.165) is 38.5 Å². The second kappa shape index (κ2) is 28.9. The smallest absolute Gasteiger partial charge is 0.306 e. The van der Waals surface area contributed by atoms with Gasteiger partial charge in [-0.1, -0.05) is 105 Å². The minimum Gasteiger partial charge on any atom is -0.544 e. The zero-order valence-electron chi connectivity index (χ0n) is 28.9. The van der Waals surface area contributed by atoms with Gasteiger partial charge in [-0.2, -0.15) is 0 Å². The summed E-state index contributed by atoms with van der Waals surface area (Å²) < 4.78 is 16.8. The number of unbranched alkanes of at least 4 members (excludes halogenated alkanes) is 3. The number of quaternary nitrogens is 1. The summed E-state index contributed by atoms with van der Waals surface area (Å²) in [6, 6.07) is -0.743. The number of nitrogens with zero attached hydrogens (tertiary/aromatic N) is 1. The van der Waals surface area contributed by atoms with E-state index in [1.54, 1.807) is 21.1 Å². The van der Waals surface area contributed by atoms with Gasteiger partial charge in [0.1, 0.15) is 12.6 Å². The summed E-state index contributed by atoms with van der Waals surface area (Å²) in [7, 11) is 5.33. The maximum atomic E-state index is 12.5. The van der Waals surface area contributed by atoms with E-state index in [4.69, 9.17) is 14.2 Å². The molecule has 0 aliphatic carbocycles. The Balaban J connectivity index is 4.58. The van der Waals surface area contributed by atoms with Gasteiger partial charge in [-0.25, -0.2) is 0 Å². The molecule has 2 unspecified atom stereocenters. The molecule has 0 saturated carbocycles. The molecule has 2 atom stereocenters.